The van der Waals surface area contributed by atoms with Gasteiger partial charge in [-0.3, -0.25) is 4.72 Å². The Morgan fingerprint density at radius 1 is 1.24 bits per heavy atom. The van der Waals surface area contributed by atoms with Crippen LogP contribution in [0.3, 0.4) is 0 Å². The van der Waals surface area contributed by atoms with Gasteiger partial charge in [-0.2, -0.15) is 0 Å². The molecule has 1 aromatic carbocycles. The number of alkyl halides is 1. The van der Waals surface area contributed by atoms with E-state index in [0.717, 1.165) is 0 Å². The summed E-state index contributed by atoms with van der Waals surface area (Å²) in [6, 6.07) is 2.56. The molecule has 0 atom stereocenters. The lowest BCUT2D eigenvalue weighted by atomic mass is 10.3. The van der Waals surface area contributed by atoms with Crippen molar-refractivity contribution in [3.05, 3.63) is 22.2 Å². The Kier molecular flexibility index (Phi) is 5.19. The van der Waals surface area contributed by atoms with Crippen molar-refractivity contribution in [1.29, 1.82) is 0 Å². The molecule has 0 aliphatic heterocycles. The van der Waals surface area contributed by atoms with Gasteiger partial charge in [0.1, 0.15) is 0 Å². The molecule has 0 bridgehead atoms. The van der Waals surface area contributed by atoms with E-state index >= 15 is 0 Å². The molecule has 0 radical (unpaired) electrons. The minimum Gasteiger partial charge on any atom is -0.505 e. The lowest BCUT2D eigenvalue weighted by molar-refractivity contribution is 0.476. The van der Waals surface area contributed by atoms with Crippen molar-refractivity contribution in [2.75, 3.05) is 16.4 Å². The van der Waals surface area contributed by atoms with Gasteiger partial charge in [0.2, 0.25) is 10.0 Å². The Morgan fingerprint density at radius 2 is 1.76 bits per heavy atom. The highest BCUT2D eigenvalue weighted by Crippen LogP contribution is 2.34. The first kappa shape index (κ1) is 14.7. The molecule has 96 valence electrons. The molecule has 0 aliphatic rings. The van der Waals surface area contributed by atoms with E-state index in [1.165, 1.54) is 12.1 Å². The van der Waals surface area contributed by atoms with Crippen LogP contribution in [0.25, 0.3) is 0 Å². The first-order valence-electron chi connectivity index (χ1n) is 4.60. The summed E-state index contributed by atoms with van der Waals surface area (Å²) in [6.07, 6.45) is 0.344. The monoisotopic (exact) mass is 317 g/mol. The number of nitrogens with one attached hydrogen (secondary N) is 1. The van der Waals surface area contributed by atoms with Crippen LogP contribution in [-0.4, -0.2) is 25.2 Å². The number of rotatable bonds is 5. The third kappa shape index (κ3) is 4.43. The van der Waals surface area contributed by atoms with E-state index in [0.29, 0.717) is 6.42 Å². The Morgan fingerprint density at radius 3 is 2.24 bits per heavy atom. The van der Waals surface area contributed by atoms with Crippen LogP contribution in [0, 0.1) is 0 Å². The van der Waals surface area contributed by atoms with Gasteiger partial charge in [-0.15, -0.1) is 11.6 Å². The molecule has 0 saturated carbocycles. The normalized spacial score (nSPS) is 11.5. The van der Waals surface area contributed by atoms with Gasteiger partial charge < -0.3 is 5.11 Å². The summed E-state index contributed by atoms with van der Waals surface area (Å²) < 4.78 is 25.4. The maximum Gasteiger partial charge on any atom is 0.232 e. The average Bonchev–Trinajstić information content (AvgIpc) is 2.22. The summed E-state index contributed by atoms with van der Waals surface area (Å²) in [5.41, 5.74) is 0.201. The number of benzene rings is 1. The fourth-order valence-electron chi connectivity index (χ4n) is 1.10. The topological polar surface area (TPSA) is 66.4 Å². The van der Waals surface area contributed by atoms with E-state index in [4.69, 9.17) is 34.8 Å². The first-order chi connectivity index (χ1) is 7.85. The molecule has 0 aliphatic carbocycles. The highest BCUT2D eigenvalue weighted by atomic mass is 35.5. The summed E-state index contributed by atoms with van der Waals surface area (Å²) >= 11 is 16.7. The van der Waals surface area contributed by atoms with E-state index in [9.17, 15) is 13.5 Å². The summed E-state index contributed by atoms with van der Waals surface area (Å²) in [6.45, 7) is 0. The lowest BCUT2D eigenvalue weighted by Gasteiger charge is -2.09. The molecule has 17 heavy (non-hydrogen) atoms. The highest BCUT2D eigenvalue weighted by molar-refractivity contribution is 7.92. The zero-order valence-electron chi connectivity index (χ0n) is 8.58. The van der Waals surface area contributed by atoms with Gasteiger partial charge in [-0.25, -0.2) is 8.42 Å². The van der Waals surface area contributed by atoms with Crippen LogP contribution < -0.4 is 4.72 Å². The maximum atomic E-state index is 11.5. The molecule has 0 spiro atoms. The molecule has 1 rings (SSSR count). The fourth-order valence-corrected chi connectivity index (χ4v) is 2.98. The number of aromatic hydroxyl groups is 1. The predicted molar refractivity (Wildman–Crippen MR) is 70.9 cm³/mol. The molecular formula is C9H10Cl3NO3S. The Hall–Kier alpha value is -0.360. The number of sulfonamides is 1. The van der Waals surface area contributed by atoms with Gasteiger partial charge >= 0.3 is 0 Å². The molecule has 2 N–H and O–H groups in total. The number of hydrogen-bond acceptors (Lipinski definition) is 3. The second-order valence-corrected chi connectivity index (χ2v) is 6.29. The van der Waals surface area contributed by atoms with Crippen molar-refractivity contribution in [3.63, 3.8) is 0 Å². The third-order valence-corrected chi connectivity index (χ3v) is 4.05. The van der Waals surface area contributed by atoms with Gasteiger partial charge in [0.05, 0.1) is 21.5 Å². The molecule has 8 heteroatoms. The van der Waals surface area contributed by atoms with Gasteiger partial charge in [0, 0.05) is 5.88 Å². The van der Waals surface area contributed by atoms with Crippen molar-refractivity contribution >= 4 is 50.5 Å². The number of hydrogen-bond donors (Lipinski definition) is 2. The Bertz CT molecular complexity index is 481. The van der Waals surface area contributed by atoms with Crippen molar-refractivity contribution in [2.45, 2.75) is 6.42 Å². The molecule has 1 aromatic rings. The molecule has 4 nitrogen and oxygen atoms in total. The summed E-state index contributed by atoms with van der Waals surface area (Å²) in [4.78, 5) is 0. The van der Waals surface area contributed by atoms with Crippen LogP contribution in [0.4, 0.5) is 5.69 Å². The fraction of sp³-hybridized carbons (Fsp3) is 0.333. The van der Waals surface area contributed by atoms with Gasteiger partial charge in [0.25, 0.3) is 0 Å². The van der Waals surface area contributed by atoms with E-state index in [2.05, 4.69) is 4.72 Å². The zero-order valence-corrected chi connectivity index (χ0v) is 11.7. The second-order valence-electron chi connectivity index (χ2n) is 3.25. The zero-order chi connectivity index (χ0) is 13.1. The van der Waals surface area contributed by atoms with Crippen LogP contribution in [-0.2, 0) is 10.0 Å². The van der Waals surface area contributed by atoms with Gasteiger partial charge in [0.15, 0.2) is 5.75 Å². The maximum absolute atomic E-state index is 11.5. The van der Waals surface area contributed by atoms with Crippen LogP contribution in [0.15, 0.2) is 12.1 Å². The first-order valence-corrected chi connectivity index (χ1v) is 7.54. The molecule has 0 heterocycles. The quantitative estimate of drug-likeness (QED) is 0.647. The smallest absolute Gasteiger partial charge is 0.232 e. The van der Waals surface area contributed by atoms with Crippen LogP contribution in [0.5, 0.6) is 5.75 Å². The molecule has 0 fully saturated rings. The third-order valence-electron chi connectivity index (χ3n) is 1.84. The summed E-state index contributed by atoms with van der Waals surface area (Å²) in [7, 11) is -3.48. The number of phenolic OH excluding ortho intramolecular Hbond substituents is 1. The predicted octanol–water partition coefficient (Wildman–Crippen LogP) is 3.07. The number of halogens is 3. The van der Waals surface area contributed by atoms with E-state index in [1.54, 1.807) is 0 Å². The summed E-state index contributed by atoms with van der Waals surface area (Å²) in [5.74, 6) is -0.109. The van der Waals surface area contributed by atoms with Crippen LogP contribution in [0.2, 0.25) is 10.0 Å². The minimum atomic E-state index is -3.48. The Labute approximate surface area is 115 Å². The molecule has 0 saturated heterocycles. The standard InChI is InChI=1S/C9H10Cl3NO3S/c10-2-1-3-17(15,16)13-6-4-7(11)9(14)8(12)5-6/h4-5,13-14H,1-3H2. The van der Waals surface area contributed by atoms with E-state index < -0.39 is 10.0 Å². The van der Waals surface area contributed by atoms with Crippen LogP contribution >= 0.6 is 34.8 Å². The largest absolute Gasteiger partial charge is 0.505 e. The van der Waals surface area contributed by atoms with Crippen molar-refractivity contribution < 1.29 is 13.5 Å². The molecule has 0 amide bonds. The number of anilines is 1. The van der Waals surface area contributed by atoms with Crippen molar-refractivity contribution in [2.24, 2.45) is 0 Å². The number of phenols is 1. The lowest BCUT2D eigenvalue weighted by Crippen LogP contribution is -2.16. The molecule has 0 aromatic heterocycles. The van der Waals surface area contributed by atoms with Gasteiger partial charge in [-0.05, 0) is 18.6 Å². The second kappa shape index (κ2) is 6.00. The van der Waals surface area contributed by atoms with E-state index in [-0.39, 0.29) is 33.1 Å². The van der Waals surface area contributed by atoms with Crippen molar-refractivity contribution in [1.82, 2.24) is 0 Å². The van der Waals surface area contributed by atoms with E-state index in [1.807, 2.05) is 0 Å². The SMILES string of the molecule is O=S(=O)(CCCCl)Nc1cc(Cl)c(O)c(Cl)c1. The van der Waals surface area contributed by atoms with Gasteiger partial charge in [-0.1, -0.05) is 23.2 Å². The highest BCUT2D eigenvalue weighted by Gasteiger charge is 2.13. The summed E-state index contributed by atoms with van der Waals surface area (Å²) in [5, 5.41) is 9.27. The molecule has 0 unspecified atom stereocenters. The minimum absolute atomic E-state index is 0.0208. The molecular weight excluding hydrogens is 309 g/mol. The van der Waals surface area contributed by atoms with Crippen LogP contribution in [0.1, 0.15) is 6.42 Å². The van der Waals surface area contributed by atoms with Crippen molar-refractivity contribution in [3.8, 4) is 5.75 Å². The Balaban J connectivity index is 2.89. The average molecular weight is 319 g/mol.